The van der Waals surface area contributed by atoms with Crippen LogP contribution < -0.4 is 16.4 Å². The molecule has 3 aromatic heterocycles. The quantitative estimate of drug-likeness (QED) is 0.371. The van der Waals surface area contributed by atoms with Crippen molar-refractivity contribution in [2.75, 3.05) is 18.4 Å². The van der Waals surface area contributed by atoms with Crippen LogP contribution in [0.5, 0.6) is 0 Å². The van der Waals surface area contributed by atoms with E-state index in [2.05, 4.69) is 50.0 Å². The highest BCUT2D eigenvalue weighted by Gasteiger charge is 2.13. The molecular weight excluding hydrogens is 426 g/mol. The normalized spacial score (nSPS) is 13.5. The van der Waals surface area contributed by atoms with Gasteiger partial charge in [0.15, 0.2) is 0 Å². The predicted molar refractivity (Wildman–Crippen MR) is 129 cm³/mol. The first-order valence-corrected chi connectivity index (χ1v) is 10.2. The van der Waals surface area contributed by atoms with Crippen molar-refractivity contribution in [2.24, 2.45) is 5.73 Å². The third-order valence-corrected chi connectivity index (χ3v) is 5.51. The van der Waals surface area contributed by atoms with E-state index in [1.165, 1.54) is 16.5 Å². The van der Waals surface area contributed by atoms with Gasteiger partial charge in [0, 0.05) is 59.0 Å². The molecule has 1 aliphatic heterocycles. The minimum atomic E-state index is -0.469. The monoisotopic (exact) mass is 449 g/mol. The Morgan fingerprint density at radius 2 is 2.16 bits per heavy atom. The Kier molecular flexibility index (Phi) is 5.98. The van der Waals surface area contributed by atoms with E-state index in [1.807, 2.05) is 13.0 Å². The molecule has 0 saturated heterocycles. The summed E-state index contributed by atoms with van der Waals surface area (Å²) in [5.41, 5.74) is 11.3. The number of aryl methyl sites for hydroxylation is 1. The van der Waals surface area contributed by atoms with Crippen molar-refractivity contribution in [2.45, 2.75) is 13.3 Å². The summed E-state index contributed by atoms with van der Waals surface area (Å²) in [5, 5.41) is 7.84. The number of benzene rings is 1. The van der Waals surface area contributed by atoms with E-state index in [1.54, 1.807) is 29.2 Å². The van der Waals surface area contributed by atoms with Crippen molar-refractivity contribution in [3.05, 3.63) is 71.8 Å². The van der Waals surface area contributed by atoms with E-state index in [0.29, 0.717) is 17.3 Å². The molecule has 4 aromatic rings. The number of nitrogens with two attached hydrogens (primary N) is 1. The van der Waals surface area contributed by atoms with Crippen LogP contribution in [0.15, 0.2) is 55.1 Å². The number of fused-ring (bicyclic) bond motifs is 1. The molecule has 0 aliphatic carbocycles. The van der Waals surface area contributed by atoms with Gasteiger partial charge in [-0.15, -0.1) is 12.4 Å². The van der Waals surface area contributed by atoms with Gasteiger partial charge >= 0.3 is 0 Å². The molecule has 164 valence electrons. The van der Waals surface area contributed by atoms with Crippen LogP contribution >= 0.6 is 12.4 Å². The van der Waals surface area contributed by atoms with Gasteiger partial charge in [0.05, 0.1) is 5.56 Å². The maximum Gasteiger partial charge on any atom is 0.250 e. The van der Waals surface area contributed by atoms with Crippen LogP contribution in [-0.4, -0.2) is 38.5 Å². The Labute approximate surface area is 191 Å². The number of primary amides is 1. The second kappa shape index (κ2) is 8.86. The molecule has 0 unspecified atom stereocenters. The zero-order valence-electron chi connectivity index (χ0n) is 17.6. The number of H-pyrrole nitrogens is 1. The van der Waals surface area contributed by atoms with Crippen LogP contribution in [0.1, 0.15) is 27.9 Å². The Hall–Kier alpha value is -3.62. The Balaban J connectivity index is 0.00000245. The van der Waals surface area contributed by atoms with Crippen LogP contribution in [0, 0.1) is 6.92 Å². The summed E-state index contributed by atoms with van der Waals surface area (Å²) in [7, 11) is 0. The van der Waals surface area contributed by atoms with Crippen LogP contribution in [0.2, 0.25) is 0 Å². The van der Waals surface area contributed by atoms with Crippen molar-refractivity contribution in [3.63, 3.8) is 0 Å². The van der Waals surface area contributed by atoms with E-state index in [-0.39, 0.29) is 12.4 Å². The summed E-state index contributed by atoms with van der Waals surface area (Å²) >= 11 is 0. The first-order valence-electron chi connectivity index (χ1n) is 10.2. The summed E-state index contributed by atoms with van der Waals surface area (Å²) in [4.78, 5) is 23.9. The van der Waals surface area contributed by atoms with Gasteiger partial charge in [-0.25, -0.2) is 4.98 Å². The molecule has 32 heavy (non-hydrogen) atoms. The second-order valence-corrected chi connectivity index (χ2v) is 7.64. The maximum absolute atomic E-state index is 11.4. The third kappa shape index (κ3) is 4.10. The number of anilines is 2. The van der Waals surface area contributed by atoms with E-state index >= 15 is 0 Å². The van der Waals surface area contributed by atoms with Crippen molar-refractivity contribution < 1.29 is 4.79 Å². The molecule has 1 aromatic carbocycles. The predicted octanol–water partition coefficient (Wildman–Crippen LogP) is 3.70. The third-order valence-electron chi connectivity index (χ3n) is 5.51. The fourth-order valence-corrected chi connectivity index (χ4v) is 3.89. The zero-order chi connectivity index (χ0) is 21.4. The number of carbonyl (C=O) groups is 1. The van der Waals surface area contributed by atoms with Gasteiger partial charge < -0.3 is 25.9 Å². The van der Waals surface area contributed by atoms with E-state index < -0.39 is 5.91 Å². The average Bonchev–Trinajstić information content (AvgIpc) is 3.43. The topological polar surface area (TPSA) is 114 Å². The van der Waals surface area contributed by atoms with Gasteiger partial charge in [-0.05, 0) is 49.7 Å². The van der Waals surface area contributed by atoms with Gasteiger partial charge in [-0.2, -0.15) is 4.98 Å². The lowest BCUT2D eigenvalue weighted by atomic mass is 9.99. The molecule has 9 heteroatoms. The van der Waals surface area contributed by atoms with E-state index in [0.717, 1.165) is 36.3 Å². The Bertz CT molecular complexity index is 1320. The van der Waals surface area contributed by atoms with Crippen LogP contribution in [0.25, 0.3) is 22.3 Å². The lowest BCUT2D eigenvalue weighted by Gasteiger charge is -2.14. The molecule has 0 fully saturated rings. The molecule has 0 bridgehead atoms. The molecule has 8 nitrogen and oxygen atoms in total. The van der Waals surface area contributed by atoms with Crippen LogP contribution in [-0.2, 0) is 0 Å². The number of rotatable bonds is 5. The number of nitrogens with one attached hydrogen (secondary N) is 3. The molecule has 0 saturated carbocycles. The number of hydrogen-bond donors (Lipinski definition) is 4. The van der Waals surface area contributed by atoms with Crippen molar-refractivity contribution >= 4 is 46.4 Å². The molecule has 0 radical (unpaired) electrons. The summed E-state index contributed by atoms with van der Waals surface area (Å²) in [6.07, 6.45) is 10.5. The lowest BCUT2D eigenvalue weighted by molar-refractivity contribution is 0.100. The smallest absolute Gasteiger partial charge is 0.250 e. The van der Waals surface area contributed by atoms with Crippen LogP contribution in [0.4, 0.5) is 11.6 Å². The standard InChI is InChI=1S/C23H23N7O.ClH/c1-14-11-27-23(29-22(14)30-9-6-16(13-30)21(24)31)28-17-2-3-20-18(10-17)19(12-26-20)15-4-7-25-8-5-15;/h2-4,6,9-13,25-26H,5,7-8H2,1H3,(H2,24,31)(H,27,28,29);1H. The van der Waals surface area contributed by atoms with Gasteiger partial charge in [0.2, 0.25) is 11.9 Å². The summed E-state index contributed by atoms with van der Waals surface area (Å²) in [6.45, 7) is 3.82. The minimum absolute atomic E-state index is 0. The van der Waals surface area contributed by atoms with E-state index in [4.69, 9.17) is 5.73 Å². The molecule has 4 heterocycles. The highest BCUT2D eigenvalue weighted by atomic mass is 35.5. The fourth-order valence-electron chi connectivity index (χ4n) is 3.89. The van der Waals surface area contributed by atoms with Crippen molar-refractivity contribution in [1.29, 1.82) is 0 Å². The molecular formula is C23H24ClN7O. The molecule has 5 rings (SSSR count). The minimum Gasteiger partial charge on any atom is -0.366 e. The first kappa shape index (κ1) is 21.6. The van der Waals surface area contributed by atoms with Gasteiger partial charge in [0.1, 0.15) is 5.82 Å². The molecule has 1 aliphatic rings. The highest BCUT2D eigenvalue weighted by molar-refractivity contribution is 5.95. The highest BCUT2D eigenvalue weighted by Crippen LogP contribution is 2.30. The number of aromatic amines is 1. The number of nitrogens with zero attached hydrogens (tertiary/aromatic N) is 3. The zero-order valence-corrected chi connectivity index (χ0v) is 18.4. The van der Waals surface area contributed by atoms with Crippen LogP contribution in [0.3, 0.4) is 0 Å². The Morgan fingerprint density at radius 3 is 2.91 bits per heavy atom. The van der Waals surface area contributed by atoms with Gasteiger partial charge in [0.25, 0.3) is 0 Å². The first-order chi connectivity index (χ1) is 15.1. The molecule has 1 amide bonds. The summed E-state index contributed by atoms with van der Waals surface area (Å²) in [5.74, 6) is 0.698. The maximum atomic E-state index is 11.4. The number of halogens is 1. The molecule has 5 N–H and O–H groups in total. The number of aromatic nitrogens is 4. The number of amides is 1. The summed E-state index contributed by atoms with van der Waals surface area (Å²) < 4.78 is 1.78. The average molecular weight is 450 g/mol. The lowest BCUT2D eigenvalue weighted by Crippen LogP contribution is -2.19. The molecule has 0 spiro atoms. The Morgan fingerprint density at radius 1 is 1.28 bits per heavy atom. The number of carbonyl (C=O) groups excluding carboxylic acids is 1. The molecule has 0 atom stereocenters. The largest absolute Gasteiger partial charge is 0.366 e. The second-order valence-electron chi connectivity index (χ2n) is 7.64. The number of hydrogen-bond acceptors (Lipinski definition) is 5. The van der Waals surface area contributed by atoms with Crippen molar-refractivity contribution in [3.8, 4) is 5.82 Å². The van der Waals surface area contributed by atoms with Gasteiger partial charge in [-0.3, -0.25) is 4.79 Å². The SMILES string of the molecule is Cc1cnc(Nc2ccc3[nH]cc(C4=CCNCC4)c3c2)nc1-n1ccc(C(N)=O)c1.Cl. The van der Waals surface area contributed by atoms with Crippen molar-refractivity contribution in [1.82, 2.24) is 24.8 Å². The van der Waals surface area contributed by atoms with E-state index in [9.17, 15) is 4.79 Å². The summed E-state index contributed by atoms with van der Waals surface area (Å²) in [6, 6.07) is 7.85. The fraction of sp³-hybridized carbons (Fsp3) is 0.174. The van der Waals surface area contributed by atoms with Gasteiger partial charge in [-0.1, -0.05) is 6.08 Å².